The predicted octanol–water partition coefficient (Wildman–Crippen LogP) is 4.70. The maximum Gasteiger partial charge on any atom is 0.276 e. The van der Waals surface area contributed by atoms with Gasteiger partial charge in [-0.1, -0.05) is 63.8 Å². The quantitative estimate of drug-likeness (QED) is 0.235. The Bertz CT molecular complexity index is 1210. The molecule has 3 aromatic rings. The van der Waals surface area contributed by atoms with Crippen molar-refractivity contribution in [2.45, 2.75) is 65.5 Å². The number of H-pyrrole nitrogens is 1. The van der Waals surface area contributed by atoms with Crippen molar-refractivity contribution < 1.29 is 14.3 Å². The Morgan fingerprint density at radius 2 is 2.03 bits per heavy atom. The van der Waals surface area contributed by atoms with E-state index in [0.717, 1.165) is 34.8 Å². The molecule has 0 spiro atoms. The average molecular weight is 508 g/mol. The van der Waals surface area contributed by atoms with E-state index >= 15 is 0 Å². The molecule has 0 saturated heterocycles. The molecule has 36 heavy (non-hydrogen) atoms. The van der Waals surface area contributed by atoms with Gasteiger partial charge in [-0.25, -0.2) is 4.68 Å². The molecule has 2 aromatic heterocycles. The molecule has 0 radical (unpaired) electrons. The van der Waals surface area contributed by atoms with Crippen molar-refractivity contribution in [2.75, 3.05) is 11.9 Å². The Labute approximate surface area is 213 Å². The number of carbonyl (C=O) groups is 2. The number of aldehydes is 1. The summed E-state index contributed by atoms with van der Waals surface area (Å²) in [6, 6.07) is 11.1. The molecule has 0 saturated carbocycles. The van der Waals surface area contributed by atoms with Crippen molar-refractivity contribution in [3.63, 3.8) is 0 Å². The van der Waals surface area contributed by atoms with Crippen LogP contribution < -0.4 is 5.32 Å². The molecular formula is C27H37N5O3Si. The van der Waals surface area contributed by atoms with Gasteiger partial charge < -0.3 is 14.8 Å². The van der Waals surface area contributed by atoms with Gasteiger partial charge in [0.2, 0.25) is 0 Å². The molecule has 1 aliphatic rings. The number of hydrogen-bond donors (Lipinski definition) is 2. The van der Waals surface area contributed by atoms with Crippen molar-refractivity contribution >= 4 is 26.0 Å². The minimum Gasteiger partial charge on any atom is -0.360 e. The lowest BCUT2D eigenvalue weighted by atomic mass is 9.68. The van der Waals surface area contributed by atoms with Gasteiger partial charge in [-0.15, -0.1) is 0 Å². The number of ether oxygens (including phenoxy) is 1. The van der Waals surface area contributed by atoms with Gasteiger partial charge in [0.15, 0.2) is 5.69 Å². The van der Waals surface area contributed by atoms with Gasteiger partial charge in [0.25, 0.3) is 5.91 Å². The number of nitrogens with zero attached hydrogens (tertiary/aromatic N) is 3. The zero-order valence-corrected chi connectivity index (χ0v) is 22.9. The number of benzene rings is 1. The number of fused-ring (bicyclic) bond motifs is 1. The molecule has 1 aliphatic carbocycles. The third-order valence-electron chi connectivity index (χ3n) is 6.99. The van der Waals surface area contributed by atoms with E-state index in [9.17, 15) is 9.59 Å². The number of carbonyl (C=O) groups excluding carboxylic acids is 2. The molecule has 0 aliphatic heterocycles. The molecule has 1 unspecified atom stereocenters. The van der Waals surface area contributed by atoms with E-state index in [2.05, 4.69) is 49.0 Å². The zero-order valence-electron chi connectivity index (χ0n) is 21.9. The van der Waals surface area contributed by atoms with Gasteiger partial charge in [0, 0.05) is 44.5 Å². The summed E-state index contributed by atoms with van der Waals surface area (Å²) in [4.78, 5) is 25.4. The molecule has 1 atom stereocenters. The van der Waals surface area contributed by atoms with Crippen molar-refractivity contribution in [3.05, 3.63) is 64.7 Å². The van der Waals surface area contributed by atoms with E-state index < -0.39 is 8.07 Å². The van der Waals surface area contributed by atoms with Crippen LogP contribution in [-0.2, 0) is 35.5 Å². The summed E-state index contributed by atoms with van der Waals surface area (Å²) in [5, 5.41) is 14.9. The number of aromatic nitrogens is 4. The van der Waals surface area contributed by atoms with E-state index in [1.54, 1.807) is 6.20 Å². The van der Waals surface area contributed by atoms with Crippen LogP contribution in [0.4, 0.5) is 5.69 Å². The number of aromatic amines is 1. The topological polar surface area (TPSA) is 102 Å². The maximum absolute atomic E-state index is 13.5. The molecular weight excluding hydrogens is 470 g/mol. The van der Waals surface area contributed by atoms with Gasteiger partial charge in [-0.2, -0.15) is 10.2 Å². The molecule has 2 N–H and O–H groups in total. The predicted molar refractivity (Wildman–Crippen MR) is 143 cm³/mol. The Kier molecular flexibility index (Phi) is 7.61. The smallest absolute Gasteiger partial charge is 0.276 e. The molecule has 0 fully saturated rings. The third kappa shape index (κ3) is 6.02. The lowest BCUT2D eigenvalue weighted by molar-refractivity contribution is -0.114. The van der Waals surface area contributed by atoms with Crippen molar-refractivity contribution in [2.24, 2.45) is 11.3 Å². The van der Waals surface area contributed by atoms with Crippen LogP contribution in [0, 0.1) is 11.3 Å². The summed E-state index contributed by atoms with van der Waals surface area (Å²) in [6.07, 6.45) is 4.45. The van der Waals surface area contributed by atoms with Gasteiger partial charge >= 0.3 is 0 Å². The first-order valence-electron chi connectivity index (χ1n) is 12.6. The first-order chi connectivity index (χ1) is 17.1. The summed E-state index contributed by atoms with van der Waals surface area (Å²) in [5.74, 6) is -0.475. The van der Waals surface area contributed by atoms with E-state index in [0.29, 0.717) is 44.0 Å². The van der Waals surface area contributed by atoms with E-state index in [1.165, 1.54) is 0 Å². The molecule has 1 aromatic carbocycles. The van der Waals surface area contributed by atoms with Crippen LogP contribution in [0.3, 0.4) is 0 Å². The molecule has 1 amide bonds. The van der Waals surface area contributed by atoms with Crippen molar-refractivity contribution in [1.29, 1.82) is 0 Å². The summed E-state index contributed by atoms with van der Waals surface area (Å²) in [6.45, 7) is 12.1. The van der Waals surface area contributed by atoms with Crippen LogP contribution in [0.5, 0.6) is 0 Å². The normalized spacial score (nSPS) is 17.0. The van der Waals surface area contributed by atoms with Crippen LogP contribution in [-0.4, -0.2) is 46.9 Å². The van der Waals surface area contributed by atoms with Crippen molar-refractivity contribution in [3.8, 4) is 0 Å². The minimum absolute atomic E-state index is 0.176. The van der Waals surface area contributed by atoms with Crippen molar-refractivity contribution in [1.82, 2.24) is 20.0 Å². The van der Waals surface area contributed by atoms with Gasteiger partial charge in [0.1, 0.15) is 13.0 Å². The van der Waals surface area contributed by atoms with Crippen LogP contribution in [0.25, 0.3) is 0 Å². The fourth-order valence-corrected chi connectivity index (χ4v) is 5.34. The lowest BCUT2D eigenvalue weighted by Crippen LogP contribution is -2.35. The van der Waals surface area contributed by atoms with E-state index in [4.69, 9.17) is 9.84 Å². The van der Waals surface area contributed by atoms with Gasteiger partial charge in [0.05, 0.1) is 11.4 Å². The molecule has 8 nitrogen and oxygen atoms in total. The SMILES string of the molecule is CC1(C)Cc2c(c(C(=O)Nc3c[nH]nc3Cc3ccccc3)nn2COCC[Si](C)(C)C)CC1C=O. The largest absolute Gasteiger partial charge is 0.360 e. The zero-order chi connectivity index (χ0) is 25.9. The second kappa shape index (κ2) is 10.5. The summed E-state index contributed by atoms with van der Waals surface area (Å²) >= 11 is 0. The highest BCUT2D eigenvalue weighted by Crippen LogP contribution is 2.40. The van der Waals surface area contributed by atoms with Crippen LogP contribution in [0.2, 0.25) is 25.7 Å². The monoisotopic (exact) mass is 507 g/mol. The Morgan fingerprint density at radius 3 is 2.72 bits per heavy atom. The number of nitrogens with one attached hydrogen (secondary N) is 2. The van der Waals surface area contributed by atoms with Gasteiger partial charge in [-0.05, 0) is 29.9 Å². The summed E-state index contributed by atoms with van der Waals surface area (Å²) in [5.41, 5.74) is 4.44. The second-order valence-corrected chi connectivity index (χ2v) is 17.2. The van der Waals surface area contributed by atoms with Crippen LogP contribution >= 0.6 is 0 Å². The molecule has 9 heteroatoms. The Hall–Kier alpha value is -3.04. The third-order valence-corrected chi connectivity index (χ3v) is 8.69. The Balaban J connectivity index is 1.57. The van der Waals surface area contributed by atoms with E-state index in [-0.39, 0.29) is 17.2 Å². The highest BCUT2D eigenvalue weighted by molar-refractivity contribution is 6.76. The number of rotatable bonds is 10. The van der Waals surface area contributed by atoms with Gasteiger partial charge in [-0.3, -0.25) is 9.89 Å². The first kappa shape index (κ1) is 26.0. The second-order valence-electron chi connectivity index (χ2n) is 11.6. The summed E-state index contributed by atoms with van der Waals surface area (Å²) in [7, 11) is -1.21. The fourth-order valence-electron chi connectivity index (χ4n) is 4.59. The van der Waals surface area contributed by atoms with Crippen LogP contribution in [0.1, 0.15) is 46.9 Å². The Morgan fingerprint density at radius 1 is 1.28 bits per heavy atom. The molecule has 2 heterocycles. The molecule has 0 bridgehead atoms. The lowest BCUT2D eigenvalue weighted by Gasteiger charge is -2.35. The van der Waals surface area contributed by atoms with E-state index in [1.807, 2.05) is 35.0 Å². The highest BCUT2D eigenvalue weighted by Gasteiger charge is 2.40. The maximum atomic E-state index is 13.5. The van der Waals surface area contributed by atoms with Crippen LogP contribution in [0.15, 0.2) is 36.5 Å². The minimum atomic E-state index is -1.21. The standard InChI is InChI=1S/C27H37N5O3Si/c1-27(2)15-24-21(14-20(27)17-33)25(31-32(24)18-35-11-12-36(3,4)5)26(34)29-23-16-28-30-22(23)13-19-9-7-6-8-10-19/h6-10,16-17,20H,11-15,18H2,1-5H3,(H,28,30)(H,29,34). The molecule has 4 rings (SSSR count). The number of hydrogen-bond acceptors (Lipinski definition) is 5. The number of amides is 1. The summed E-state index contributed by atoms with van der Waals surface area (Å²) < 4.78 is 7.80. The number of anilines is 1. The fraction of sp³-hybridized carbons (Fsp3) is 0.481. The highest BCUT2D eigenvalue weighted by atomic mass is 28.3. The molecule has 192 valence electrons. The first-order valence-corrected chi connectivity index (χ1v) is 16.3. The average Bonchev–Trinajstić information content (AvgIpc) is 3.39.